The average molecular weight is 650 g/mol. The summed E-state index contributed by atoms with van der Waals surface area (Å²) in [5, 5.41) is 0. The Bertz CT molecular complexity index is 720. The summed E-state index contributed by atoms with van der Waals surface area (Å²) in [5.41, 5.74) is 0. The van der Waals surface area contributed by atoms with Gasteiger partial charge >= 0.3 is 11.9 Å². The lowest BCUT2D eigenvalue weighted by Gasteiger charge is -2.19. The van der Waals surface area contributed by atoms with Crippen LogP contribution in [0.15, 0.2) is 24.3 Å². The van der Waals surface area contributed by atoms with Crippen molar-refractivity contribution in [2.24, 2.45) is 0 Å². The van der Waals surface area contributed by atoms with Crippen molar-refractivity contribution in [1.82, 2.24) is 4.90 Å². The van der Waals surface area contributed by atoms with Crippen LogP contribution < -0.4 is 0 Å². The van der Waals surface area contributed by atoms with Crippen LogP contribution in [0.4, 0.5) is 0 Å². The van der Waals surface area contributed by atoms with Crippen molar-refractivity contribution in [2.75, 3.05) is 40.5 Å². The maximum absolute atomic E-state index is 12.5. The van der Waals surface area contributed by atoms with E-state index in [2.05, 4.69) is 43.1 Å². The highest BCUT2D eigenvalue weighted by atomic mass is 16.6. The molecule has 0 saturated carbocycles. The van der Waals surface area contributed by atoms with Gasteiger partial charge in [-0.2, -0.15) is 0 Å². The molecule has 0 aromatic rings. The number of rotatable bonds is 35. The molecule has 0 bridgehead atoms. The third kappa shape index (κ3) is 35.2. The van der Waals surface area contributed by atoms with Gasteiger partial charge in [-0.05, 0) is 91.3 Å². The number of carbonyl (C=O) groups excluding carboxylic acids is 2. The predicted octanol–water partition coefficient (Wildman–Crippen LogP) is 10.9. The van der Waals surface area contributed by atoms with Crippen molar-refractivity contribution < 1.29 is 23.8 Å². The Balaban J connectivity index is 4.10. The molecule has 270 valence electrons. The highest BCUT2D eigenvalue weighted by Gasteiger charge is 2.17. The van der Waals surface area contributed by atoms with Crippen molar-refractivity contribution >= 4 is 11.9 Å². The zero-order valence-electron chi connectivity index (χ0n) is 30.9. The fraction of sp³-hybridized carbons (Fsp3) is 0.850. The first-order chi connectivity index (χ1) is 22.5. The van der Waals surface area contributed by atoms with Gasteiger partial charge in [-0.25, -0.2) is 0 Å². The summed E-state index contributed by atoms with van der Waals surface area (Å²) in [4.78, 5) is 27.0. The number of ether oxygens (including phenoxy) is 3. The molecular formula is C40H75NO5. The molecule has 0 aromatic carbocycles. The third-order valence-corrected chi connectivity index (χ3v) is 8.21. The minimum atomic E-state index is -0.552. The fourth-order valence-corrected chi connectivity index (χ4v) is 5.29. The summed E-state index contributed by atoms with van der Waals surface area (Å²) in [6.07, 6.45) is 36.7. The number of nitrogens with zero attached hydrogens (tertiary/aromatic N) is 1. The molecule has 6 nitrogen and oxygen atoms in total. The van der Waals surface area contributed by atoms with Gasteiger partial charge in [-0.3, -0.25) is 9.59 Å². The molecule has 0 fully saturated rings. The molecule has 0 saturated heterocycles. The molecule has 0 radical (unpaired) electrons. The van der Waals surface area contributed by atoms with E-state index in [0.29, 0.717) is 19.4 Å². The van der Waals surface area contributed by atoms with Crippen LogP contribution in [0.25, 0.3) is 0 Å². The van der Waals surface area contributed by atoms with E-state index in [4.69, 9.17) is 14.2 Å². The Hall–Kier alpha value is -1.66. The zero-order chi connectivity index (χ0) is 33.8. The van der Waals surface area contributed by atoms with E-state index in [9.17, 15) is 9.59 Å². The number of unbranched alkanes of at least 4 members (excludes halogenated alkanes) is 18. The minimum absolute atomic E-state index is 0.0646. The van der Waals surface area contributed by atoms with Gasteiger partial charge in [0.15, 0.2) is 6.10 Å². The molecule has 0 amide bonds. The molecule has 0 aliphatic rings. The maximum Gasteiger partial charge on any atom is 0.306 e. The van der Waals surface area contributed by atoms with E-state index < -0.39 is 6.10 Å². The SMILES string of the molecule is CCCCCC/C=C\CCCCCCCC(=O)OC[C@H](COCCCN(C)C)OC(=O)CCCCCCC/C=C\CCCCCC. The summed E-state index contributed by atoms with van der Waals surface area (Å²) in [7, 11) is 4.07. The predicted molar refractivity (Wildman–Crippen MR) is 195 cm³/mol. The monoisotopic (exact) mass is 650 g/mol. The quantitative estimate of drug-likeness (QED) is 0.0387. The number of hydrogen-bond acceptors (Lipinski definition) is 6. The first-order valence-corrected chi connectivity index (χ1v) is 19.4. The normalized spacial score (nSPS) is 12.5. The molecule has 0 spiro atoms. The average Bonchev–Trinajstić information content (AvgIpc) is 3.03. The summed E-state index contributed by atoms with van der Waals surface area (Å²) in [5.74, 6) is -0.443. The molecule has 0 aliphatic carbocycles. The molecule has 0 heterocycles. The molecule has 0 N–H and O–H groups in total. The van der Waals surface area contributed by atoms with E-state index in [0.717, 1.165) is 64.3 Å². The Morgan fingerprint density at radius 3 is 1.46 bits per heavy atom. The largest absolute Gasteiger partial charge is 0.462 e. The second-order valence-corrected chi connectivity index (χ2v) is 13.3. The second kappa shape index (κ2) is 36.2. The standard InChI is InChI=1S/C40H75NO5/c1-5-7-9-11-13-15-17-19-21-23-25-27-29-32-39(42)45-37-38(36-44-35-31-34-41(3)4)46-40(43)33-30-28-26-24-22-20-18-16-14-12-10-8-6-2/h15-18,38H,5-14,19-37H2,1-4H3/b17-15-,18-16-/t38-/m0/s1. The molecule has 0 aromatic heterocycles. The van der Waals surface area contributed by atoms with Crippen LogP contribution in [0.5, 0.6) is 0 Å². The van der Waals surface area contributed by atoms with Gasteiger partial charge in [-0.15, -0.1) is 0 Å². The Kier molecular flexibility index (Phi) is 34.9. The molecule has 6 heteroatoms. The van der Waals surface area contributed by atoms with Crippen molar-refractivity contribution in [2.45, 2.75) is 180 Å². The number of hydrogen-bond donors (Lipinski definition) is 0. The van der Waals surface area contributed by atoms with Gasteiger partial charge in [-0.1, -0.05) is 115 Å². The van der Waals surface area contributed by atoms with Crippen LogP contribution in [-0.4, -0.2) is 63.4 Å². The van der Waals surface area contributed by atoms with Crippen molar-refractivity contribution in [3.05, 3.63) is 24.3 Å². The Labute approximate surface area is 285 Å². The molecule has 0 unspecified atom stereocenters. The van der Waals surface area contributed by atoms with Crippen LogP contribution in [0.2, 0.25) is 0 Å². The first kappa shape index (κ1) is 44.3. The summed E-state index contributed by atoms with van der Waals surface area (Å²) in [6, 6.07) is 0. The second-order valence-electron chi connectivity index (χ2n) is 13.3. The summed E-state index contributed by atoms with van der Waals surface area (Å²) >= 11 is 0. The van der Waals surface area contributed by atoms with Crippen LogP contribution >= 0.6 is 0 Å². The molecule has 0 rings (SSSR count). The third-order valence-electron chi connectivity index (χ3n) is 8.21. The fourth-order valence-electron chi connectivity index (χ4n) is 5.29. The lowest BCUT2D eigenvalue weighted by molar-refractivity contribution is -0.163. The van der Waals surface area contributed by atoms with E-state index in [1.807, 2.05) is 14.1 Å². The van der Waals surface area contributed by atoms with Crippen LogP contribution in [0, 0.1) is 0 Å². The lowest BCUT2D eigenvalue weighted by Crippen LogP contribution is -2.30. The molecule has 1 atom stereocenters. The molecule has 46 heavy (non-hydrogen) atoms. The van der Waals surface area contributed by atoms with Gasteiger partial charge < -0.3 is 19.1 Å². The number of esters is 2. The van der Waals surface area contributed by atoms with Crippen molar-refractivity contribution in [3.63, 3.8) is 0 Å². The van der Waals surface area contributed by atoms with Gasteiger partial charge in [0.05, 0.1) is 6.61 Å². The van der Waals surface area contributed by atoms with Gasteiger partial charge in [0.2, 0.25) is 0 Å². The van der Waals surface area contributed by atoms with Gasteiger partial charge in [0.25, 0.3) is 0 Å². The van der Waals surface area contributed by atoms with Gasteiger partial charge in [0.1, 0.15) is 6.61 Å². The van der Waals surface area contributed by atoms with E-state index >= 15 is 0 Å². The number of allylic oxidation sites excluding steroid dienone is 4. The van der Waals surface area contributed by atoms with Crippen LogP contribution in [-0.2, 0) is 23.8 Å². The van der Waals surface area contributed by atoms with Crippen LogP contribution in [0.1, 0.15) is 174 Å². The highest BCUT2D eigenvalue weighted by Crippen LogP contribution is 2.12. The van der Waals surface area contributed by atoms with Crippen molar-refractivity contribution in [3.8, 4) is 0 Å². The minimum Gasteiger partial charge on any atom is -0.462 e. The number of carbonyl (C=O) groups is 2. The summed E-state index contributed by atoms with van der Waals surface area (Å²) < 4.78 is 17.0. The van der Waals surface area contributed by atoms with E-state index in [-0.39, 0.29) is 25.2 Å². The molecule has 0 aliphatic heterocycles. The maximum atomic E-state index is 12.5. The zero-order valence-corrected chi connectivity index (χ0v) is 30.9. The topological polar surface area (TPSA) is 65.1 Å². The summed E-state index contributed by atoms with van der Waals surface area (Å²) in [6.45, 7) is 6.34. The highest BCUT2D eigenvalue weighted by molar-refractivity contribution is 5.70. The van der Waals surface area contributed by atoms with Gasteiger partial charge in [0, 0.05) is 19.4 Å². The Morgan fingerprint density at radius 1 is 0.543 bits per heavy atom. The van der Waals surface area contributed by atoms with E-state index in [1.54, 1.807) is 0 Å². The van der Waals surface area contributed by atoms with E-state index in [1.165, 1.54) is 89.9 Å². The smallest absolute Gasteiger partial charge is 0.306 e. The van der Waals surface area contributed by atoms with Crippen molar-refractivity contribution in [1.29, 1.82) is 0 Å². The Morgan fingerprint density at radius 2 is 0.978 bits per heavy atom. The molecular weight excluding hydrogens is 574 g/mol. The first-order valence-electron chi connectivity index (χ1n) is 19.4. The lowest BCUT2D eigenvalue weighted by atomic mass is 10.1. The van der Waals surface area contributed by atoms with Crippen LogP contribution in [0.3, 0.4) is 0 Å².